The zero-order valence-corrected chi connectivity index (χ0v) is 13.8. The fourth-order valence-corrected chi connectivity index (χ4v) is 2.60. The minimum atomic E-state index is -0.911. The minimum absolute atomic E-state index is 0.0845. The number of hydrogen-bond donors (Lipinski definition) is 3. The summed E-state index contributed by atoms with van der Waals surface area (Å²) >= 11 is 0. The van der Waals surface area contributed by atoms with Crippen molar-refractivity contribution in [2.75, 3.05) is 6.54 Å². The first kappa shape index (κ1) is 18.2. The maximum absolute atomic E-state index is 13.5. The number of hydrogen-bond acceptors (Lipinski definition) is 5. The largest absolute Gasteiger partial charge is 0.505 e. The summed E-state index contributed by atoms with van der Waals surface area (Å²) in [5.41, 5.74) is 0.482. The number of rotatable bonds is 6. The maximum atomic E-state index is 13.5. The molecule has 0 unspecified atom stereocenters. The Balaban J connectivity index is 2.10. The number of benzene rings is 1. The van der Waals surface area contributed by atoms with Gasteiger partial charge >= 0.3 is 5.97 Å². The normalized spacial score (nSPS) is 18.4. The Hall–Kier alpha value is -2.15. The van der Waals surface area contributed by atoms with Gasteiger partial charge in [0.05, 0.1) is 12.1 Å². The summed E-state index contributed by atoms with van der Waals surface area (Å²) in [4.78, 5) is 24.5. The van der Waals surface area contributed by atoms with Crippen LogP contribution in [0.15, 0.2) is 18.2 Å². The predicted octanol–water partition coefficient (Wildman–Crippen LogP) is 1.26. The Morgan fingerprint density at radius 2 is 2.21 bits per heavy atom. The van der Waals surface area contributed by atoms with Crippen molar-refractivity contribution in [2.45, 2.75) is 51.3 Å². The van der Waals surface area contributed by atoms with Gasteiger partial charge in [-0.15, -0.1) is 0 Å². The van der Waals surface area contributed by atoms with Gasteiger partial charge in [-0.3, -0.25) is 4.79 Å². The van der Waals surface area contributed by atoms with E-state index in [0.717, 1.165) is 19.0 Å². The van der Waals surface area contributed by atoms with E-state index in [1.165, 1.54) is 12.1 Å². The molecular weight excluding hydrogens is 315 g/mol. The molecule has 1 fully saturated rings. The number of carbonyl (C=O) groups is 2. The number of ether oxygens (including phenoxy) is 1. The molecule has 1 aromatic rings. The molecule has 0 aliphatic carbocycles. The van der Waals surface area contributed by atoms with Crippen molar-refractivity contribution >= 4 is 11.9 Å². The van der Waals surface area contributed by atoms with Crippen LogP contribution in [0.3, 0.4) is 0 Å². The molecule has 1 heterocycles. The molecule has 1 aliphatic heterocycles. The van der Waals surface area contributed by atoms with Crippen LogP contribution >= 0.6 is 0 Å². The SMILES string of the molecule is CC(C)OC(=O)[C@H](Cc1ccc(O)c(F)c1)NC(=O)[C@@H]1CCCN1. The molecule has 0 aromatic heterocycles. The minimum Gasteiger partial charge on any atom is -0.505 e. The number of carbonyl (C=O) groups excluding carboxylic acids is 2. The van der Waals surface area contributed by atoms with Crippen molar-refractivity contribution in [3.05, 3.63) is 29.6 Å². The zero-order valence-electron chi connectivity index (χ0n) is 13.8. The van der Waals surface area contributed by atoms with Crippen LogP contribution in [-0.4, -0.2) is 41.7 Å². The van der Waals surface area contributed by atoms with Gasteiger partial charge in [-0.2, -0.15) is 0 Å². The van der Waals surface area contributed by atoms with Crippen molar-refractivity contribution in [1.82, 2.24) is 10.6 Å². The summed E-state index contributed by atoms with van der Waals surface area (Å²) in [5, 5.41) is 15.0. The van der Waals surface area contributed by atoms with E-state index in [4.69, 9.17) is 4.74 Å². The highest BCUT2D eigenvalue weighted by Crippen LogP contribution is 2.18. The van der Waals surface area contributed by atoms with Gasteiger partial charge < -0.3 is 20.5 Å². The molecule has 24 heavy (non-hydrogen) atoms. The molecule has 2 atom stereocenters. The third-order valence-corrected chi connectivity index (χ3v) is 3.78. The molecule has 0 radical (unpaired) electrons. The number of phenolic OH excluding ortho intramolecular Hbond substituents is 1. The lowest BCUT2D eigenvalue weighted by Gasteiger charge is -2.21. The standard InChI is InChI=1S/C17H23FN2O4/c1-10(2)24-17(23)14(20-16(22)13-4-3-7-19-13)9-11-5-6-15(21)12(18)8-11/h5-6,8,10,13-14,19,21H,3-4,7,9H2,1-2H3,(H,20,22)/t13-,14-/m0/s1. The molecule has 0 spiro atoms. The molecule has 3 N–H and O–H groups in total. The summed E-state index contributed by atoms with van der Waals surface area (Å²) in [7, 11) is 0. The Morgan fingerprint density at radius 3 is 2.79 bits per heavy atom. The predicted molar refractivity (Wildman–Crippen MR) is 86.0 cm³/mol. The highest BCUT2D eigenvalue weighted by Gasteiger charge is 2.29. The highest BCUT2D eigenvalue weighted by molar-refractivity contribution is 5.88. The quantitative estimate of drug-likeness (QED) is 0.680. The van der Waals surface area contributed by atoms with Gasteiger partial charge in [-0.1, -0.05) is 6.07 Å². The summed E-state index contributed by atoms with van der Waals surface area (Å²) in [5.74, 6) is -2.06. The Bertz CT molecular complexity index is 600. The molecule has 1 amide bonds. The molecule has 7 heteroatoms. The first-order chi connectivity index (χ1) is 11.4. The van der Waals surface area contributed by atoms with Crippen molar-refractivity contribution in [3.8, 4) is 5.75 Å². The highest BCUT2D eigenvalue weighted by atomic mass is 19.1. The van der Waals surface area contributed by atoms with Gasteiger partial charge in [0, 0.05) is 6.42 Å². The third-order valence-electron chi connectivity index (χ3n) is 3.78. The average Bonchev–Trinajstić information content (AvgIpc) is 3.04. The first-order valence-electron chi connectivity index (χ1n) is 8.08. The van der Waals surface area contributed by atoms with E-state index in [1.807, 2.05) is 0 Å². The van der Waals surface area contributed by atoms with E-state index < -0.39 is 23.6 Å². The molecule has 2 rings (SSSR count). The Labute approximate surface area is 140 Å². The fourth-order valence-electron chi connectivity index (χ4n) is 2.60. The van der Waals surface area contributed by atoms with E-state index in [2.05, 4.69) is 10.6 Å². The van der Waals surface area contributed by atoms with E-state index in [0.29, 0.717) is 12.0 Å². The molecule has 1 aromatic carbocycles. The van der Waals surface area contributed by atoms with Crippen LogP contribution in [0.1, 0.15) is 32.3 Å². The molecule has 1 aliphatic rings. The lowest BCUT2D eigenvalue weighted by atomic mass is 10.0. The van der Waals surface area contributed by atoms with Gasteiger partial charge in [0.1, 0.15) is 6.04 Å². The van der Waals surface area contributed by atoms with E-state index in [9.17, 15) is 19.1 Å². The van der Waals surface area contributed by atoms with Crippen LogP contribution in [-0.2, 0) is 20.7 Å². The van der Waals surface area contributed by atoms with Crippen LogP contribution in [0.25, 0.3) is 0 Å². The van der Waals surface area contributed by atoms with E-state index in [1.54, 1.807) is 13.8 Å². The third kappa shape index (κ3) is 4.92. The second kappa shape index (κ2) is 8.10. The van der Waals surface area contributed by atoms with Gasteiger partial charge in [0.2, 0.25) is 5.91 Å². The summed E-state index contributed by atoms with van der Waals surface area (Å²) < 4.78 is 18.7. The summed E-state index contributed by atoms with van der Waals surface area (Å²) in [6.07, 6.45) is 1.38. The number of aromatic hydroxyl groups is 1. The van der Waals surface area contributed by atoms with Crippen LogP contribution in [0, 0.1) is 5.82 Å². The monoisotopic (exact) mass is 338 g/mol. The summed E-state index contributed by atoms with van der Waals surface area (Å²) in [6.45, 7) is 4.20. The topological polar surface area (TPSA) is 87.7 Å². The number of halogens is 1. The Kier molecular flexibility index (Phi) is 6.14. The summed E-state index contributed by atoms with van der Waals surface area (Å²) in [6, 6.07) is 2.64. The van der Waals surface area contributed by atoms with Gasteiger partial charge in [-0.05, 0) is 50.9 Å². The second-order valence-corrected chi connectivity index (χ2v) is 6.19. The molecule has 0 bridgehead atoms. The van der Waals surface area contributed by atoms with Crippen LogP contribution in [0.4, 0.5) is 4.39 Å². The van der Waals surface area contributed by atoms with E-state index in [-0.39, 0.29) is 24.5 Å². The Morgan fingerprint density at radius 1 is 1.46 bits per heavy atom. The smallest absolute Gasteiger partial charge is 0.329 e. The van der Waals surface area contributed by atoms with Crippen molar-refractivity contribution < 1.29 is 23.8 Å². The van der Waals surface area contributed by atoms with Crippen LogP contribution < -0.4 is 10.6 Å². The van der Waals surface area contributed by atoms with Crippen molar-refractivity contribution in [1.29, 1.82) is 0 Å². The fraction of sp³-hybridized carbons (Fsp3) is 0.529. The first-order valence-corrected chi connectivity index (χ1v) is 8.08. The molecule has 1 saturated heterocycles. The van der Waals surface area contributed by atoms with Gasteiger partial charge in [-0.25, -0.2) is 9.18 Å². The zero-order chi connectivity index (χ0) is 17.7. The van der Waals surface area contributed by atoms with Crippen LogP contribution in [0.2, 0.25) is 0 Å². The number of esters is 1. The van der Waals surface area contributed by atoms with Gasteiger partial charge in [0.15, 0.2) is 11.6 Å². The average molecular weight is 338 g/mol. The lowest BCUT2D eigenvalue weighted by molar-refractivity contribution is -0.151. The number of amides is 1. The maximum Gasteiger partial charge on any atom is 0.329 e. The molecule has 6 nitrogen and oxygen atoms in total. The second-order valence-electron chi connectivity index (χ2n) is 6.19. The lowest BCUT2D eigenvalue weighted by Crippen LogP contribution is -2.50. The number of nitrogens with one attached hydrogen (secondary N) is 2. The molecule has 132 valence electrons. The molecule has 0 saturated carbocycles. The number of phenols is 1. The van der Waals surface area contributed by atoms with E-state index >= 15 is 0 Å². The van der Waals surface area contributed by atoms with Crippen LogP contribution in [0.5, 0.6) is 5.75 Å². The van der Waals surface area contributed by atoms with Gasteiger partial charge in [0.25, 0.3) is 0 Å². The molecular formula is C17H23FN2O4. The van der Waals surface area contributed by atoms with Crippen molar-refractivity contribution in [2.24, 2.45) is 0 Å². The van der Waals surface area contributed by atoms with Crippen molar-refractivity contribution in [3.63, 3.8) is 0 Å².